The van der Waals surface area contributed by atoms with E-state index in [0.717, 1.165) is 31.2 Å². The lowest BCUT2D eigenvalue weighted by Crippen LogP contribution is -2.23. The first-order valence-electron chi connectivity index (χ1n) is 5.67. The quantitative estimate of drug-likeness (QED) is 0.633. The highest BCUT2D eigenvalue weighted by atomic mass is 79.9. The largest absolute Gasteiger partial charge is 0.320 e. The van der Waals surface area contributed by atoms with E-state index in [-0.39, 0.29) is 0 Å². The number of halogens is 3. The summed E-state index contributed by atoms with van der Waals surface area (Å²) >= 11 is 10.6. The van der Waals surface area contributed by atoms with Crippen LogP contribution in [0, 0.1) is 5.41 Å². The summed E-state index contributed by atoms with van der Waals surface area (Å²) in [7, 11) is 0. The van der Waals surface area contributed by atoms with E-state index in [4.69, 9.17) is 5.41 Å². The number of hydrogen-bond acceptors (Lipinski definition) is 1. The highest BCUT2D eigenvalue weighted by Crippen LogP contribution is 2.40. The van der Waals surface area contributed by atoms with Gasteiger partial charge in [-0.05, 0) is 49.6 Å². The molecule has 0 bridgehead atoms. The van der Waals surface area contributed by atoms with E-state index in [9.17, 15) is 0 Å². The first kappa shape index (κ1) is 13.3. The van der Waals surface area contributed by atoms with Crippen LogP contribution in [0.5, 0.6) is 0 Å². The summed E-state index contributed by atoms with van der Waals surface area (Å²) in [5.74, 6) is 0.541. The topological polar surface area (TPSA) is 27.1 Å². The van der Waals surface area contributed by atoms with Gasteiger partial charge in [0.2, 0.25) is 0 Å². The first-order valence-corrected chi connectivity index (χ1v) is 8.04. The van der Waals surface area contributed by atoms with Gasteiger partial charge >= 0.3 is 0 Å². The molecule has 19 heavy (non-hydrogen) atoms. The molecule has 0 saturated carbocycles. The van der Waals surface area contributed by atoms with Crippen molar-refractivity contribution in [3.05, 3.63) is 60.9 Å². The summed E-state index contributed by atoms with van der Waals surface area (Å²) in [5, 5.41) is 8.34. The Balaban J connectivity index is 2.10. The van der Waals surface area contributed by atoms with E-state index in [1.165, 1.54) is 5.56 Å². The van der Waals surface area contributed by atoms with E-state index < -0.39 is 0 Å². The third kappa shape index (κ3) is 2.28. The zero-order chi connectivity index (χ0) is 13.6. The van der Waals surface area contributed by atoms with Crippen LogP contribution in [-0.2, 0) is 6.54 Å². The summed E-state index contributed by atoms with van der Waals surface area (Å²) in [6.07, 6.45) is 0. The fraction of sp³-hybridized carbons (Fsp3) is 0.0714. The molecule has 1 heterocycles. The standard InChI is InChI=1S/C14H9Br3N2/c15-9-5-11(16)13(12(17)6-9)19-7-8-3-1-2-4-10(8)14(19)18/h1-6,18H,7H2. The normalized spacial score (nSPS) is 13.8. The zero-order valence-electron chi connectivity index (χ0n) is 9.75. The number of amidine groups is 1. The van der Waals surface area contributed by atoms with E-state index in [0.29, 0.717) is 5.84 Å². The van der Waals surface area contributed by atoms with Gasteiger partial charge in [0.1, 0.15) is 5.84 Å². The molecule has 1 aliphatic rings. The van der Waals surface area contributed by atoms with E-state index >= 15 is 0 Å². The number of rotatable bonds is 1. The molecule has 1 aliphatic heterocycles. The lowest BCUT2D eigenvalue weighted by atomic mass is 10.1. The number of anilines is 1. The van der Waals surface area contributed by atoms with Gasteiger partial charge < -0.3 is 4.90 Å². The summed E-state index contributed by atoms with van der Waals surface area (Å²) < 4.78 is 2.93. The van der Waals surface area contributed by atoms with Crippen LogP contribution < -0.4 is 4.90 Å². The van der Waals surface area contributed by atoms with Crippen molar-refractivity contribution in [3.8, 4) is 0 Å². The van der Waals surface area contributed by atoms with E-state index in [1.807, 2.05) is 35.2 Å². The molecule has 0 aliphatic carbocycles. The second-order valence-electron chi connectivity index (χ2n) is 4.31. The Kier molecular flexibility index (Phi) is 3.53. The molecule has 0 atom stereocenters. The highest BCUT2D eigenvalue weighted by molar-refractivity contribution is 9.11. The lowest BCUT2D eigenvalue weighted by Gasteiger charge is -2.21. The molecule has 5 heteroatoms. The van der Waals surface area contributed by atoms with Gasteiger partial charge in [-0.3, -0.25) is 5.41 Å². The number of benzene rings is 2. The van der Waals surface area contributed by atoms with Crippen LogP contribution in [0.2, 0.25) is 0 Å². The highest BCUT2D eigenvalue weighted by Gasteiger charge is 2.27. The Labute approximate surface area is 136 Å². The first-order chi connectivity index (χ1) is 9.08. The van der Waals surface area contributed by atoms with Gasteiger partial charge in [0.05, 0.1) is 12.2 Å². The Morgan fingerprint density at radius 1 is 1.00 bits per heavy atom. The molecule has 0 saturated heterocycles. The molecular formula is C14H9Br3N2. The van der Waals surface area contributed by atoms with Crippen molar-refractivity contribution in [1.82, 2.24) is 0 Å². The maximum Gasteiger partial charge on any atom is 0.133 e. The van der Waals surface area contributed by atoms with Crippen molar-refractivity contribution in [1.29, 1.82) is 5.41 Å². The van der Waals surface area contributed by atoms with Crippen LogP contribution in [0.1, 0.15) is 11.1 Å². The summed E-state index contributed by atoms with van der Waals surface area (Å²) in [5.41, 5.74) is 3.18. The minimum absolute atomic E-state index is 0.541. The molecule has 0 unspecified atom stereocenters. The smallest absolute Gasteiger partial charge is 0.133 e. The van der Waals surface area contributed by atoms with Crippen molar-refractivity contribution in [2.75, 3.05) is 4.90 Å². The van der Waals surface area contributed by atoms with Crippen molar-refractivity contribution < 1.29 is 0 Å². The van der Waals surface area contributed by atoms with Crippen molar-refractivity contribution in [2.24, 2.45) is 0 Å². The Morgan fingerprint density at radius 3 is 2.26 bits per heavy atom. The van der Waals surface area contributed by atoms with Gasteiger partial charge in [0.25, 0.3) is 0 Å². The number of fused-ring (bicyclic) bond motifs is 1. The fourth-order valence-electron chi connectivity index (χ4n) is 2.27. The molecule has 0 radical (unpaired) electrons. The molecule has 0 spiro atoms. The van der Waals surface area contributed by atoms with Crippen molar-refractivity contribution in [2.45, 2.75) is 6.54 Å². The molecule has 2 aromatic carbocycles. The van der Waals surface area contributed by atoms with Gasteiger partial charge in [0, 0.05) is 19.0 Å². The number of hydrogen-bond donors (Lipinski definition) is 1. The minimum Gasteiger partial charge on any atom is -0.320 e. The maximum atomic E-state index is 8.34. The number of nitrogens with one attached hydrogen (secondary N) is 1. The molecular weight excluding hydrogens is 436 g/mol. The SMILES string of the molecule is N=C1c2ccccc2CN1c1c(Br)cc(Br)cc1Br. The van der Waals surface area contributed by atoms with E-state index in [2.05, 4.69) is 53.9 Å². The molecule has 3 rings (SSSR count). The second-order valence-corrected chi connectivity index (χ2v) is 6.93. The summed E-state index contributed by atoms with van der Waals surface area (Å²) in [4.78, 5) is 2.01. The summed E-state index contributed by atoms with van der Waals surface area (Å²) in [6, 6.07) is 12.1. The Bertz CT molecular complexity index is 659. The molecule has 2 nitrogen and oxygen atoms in total. The van der Waals surface area contributed by atoms with Crippen molar-refractivity contribution in [3.63, 3.8) is 0 Å². The molecule has 0 amide bonds. The molecule has 0 aromatic heterocycles. The molecule has 2 aromatic rings. The maximum absolute atomic E-state index is 8.34. The van der Waals surface area contributed by atoms with Gasteiger partial charge in [-0.15, -0.1) is 0 Å². The lowest BCUT2D eigenvalue weighted by molar-refractivity contribution is 1.04. The monoisotopic (exact) mass is 442 g/mol. The van der Waals surface area contributed by atoms with Crippen LogP contribution in [0.4, 0.5) is 5.69 Å². The average molecular weight is 445 g/mol. The predicted molar refractivity (Wildman–Crippen MR) is 89.0 cm³/mol. The minimum atomic E-state index is 0.541. The fourth-order valence-corrected chi connectivity index (χ4v) is 4.95. The Morgan fingerprint density at radius 2 is 1.63 bits per heavy atom. The third-order valence-corrected chi connectivity index (χ3v) is 4.79. The third-order valence-electron chi connectivity index (χ3n) is 3.12. The van der Waals surface area contributed by atoms with Crippen LogP contribution in [-0.4, -0.2) is 5.84 Å². The van der Waals surface area contributed by atoms with Crippen LogP contribution in [0.15, 0.2) is 49.8 Å². The van der Waals surface area contributed by atoms with E-state index in [1.54, 1.807) is 0 Å². The van der Waals surface area contributed by atoms with Crippen molar-refractivity contribution >= 4 is 59.3 Å². The number of nitrogens with zero attached hydrogens (tertiary/aromatic N) is 1. The van der Waals surface area contributed by atoms with Gasteiger partial charge in [-0.1, -0.05) is 40.2 Å². The van der Waals surface area contributed by atoms with Crippen LogP contribution in [0.3, 0.4) is 0 Å². The van der Waals surface area contributed by atoms with Crippen LogP contribution in [0.25, 0.3) is 0 Å². The predicted octanol–water partition coefficient (Wildman–Crippen LogP) is 5.32. The van der Waals surface area contributed by atoms with Crippen LogP contribution >= 0.6 is 47.8 Å². The van der Waals surface area contributed by atoms with Gasteiger partial charge in [-0.25, -0.2) is 0 Å². The zero-order valence-corrected chi connectivity index (χ0v) is 14.5. The summed E-state index contributed by atoms with van der Waals surface area (Å²) in [6.45, 7) is 0.730. The molecule has 0 fully saturated rings. The molecule has 96 valence electrons. The van der Waals surface area contributed by atoms with Gasteiger partial charge in [0.15, 0.2) is 0 Å². The molecule has 1 N–H and O–H groups in total. The van der Waals surface area contributed by atoms with Gasteiger partial charge in [-0.2, -0.15) is 0 Å². The Hall–Kier alpha value is -0.650. The average Bonchev–Trinajstić information content (AvgIpc) is 2.66. The second kappa shape index (κ2) is 5.04.